The summed E-state index contributed by atoms with van der Waals surface area (Å²) < 4.78 is 31.5. The van der Waals surface area contributed by atoms with Crippen molar-refractivity contribution < 1.29 is 8.42 Å². The molecule has 1 aromatic carbocycles. The molecule has 1 N–H and O–H groups in total. The normalized spacial score (nSPS) is 34.0. The second-order valence-electron chi connectivity index (χ2n) is 8.36. The average molecular weight is 379 g/mol. The minimum absolute atomic E-state index is 0.0707. The minimum Gasteiger partial charge on any atom is -0.302 e. The molecule has 1 heterocycles. The highest BCUT2D eigenvalue weighted by Gasteiger charge is 2.52. The van der Waals surface area contributed by atoms with Crippen LogP contribution in [-0.4, -0.2) is 18.5 Å². The molecule has 0 aliphatic heterocycles. The molecule has 5 nitrogen and oxygen atoms in total. The Hall–Kier alpha value is -1.18. The summed E-state index contributed by atoms with van der Waals surface area (Å²) in [7, 11) is -1.86. The van der Waals surface area contributed by atoms with Gasteiger partial charge in [-0.2, -0.15) is 0 Å². The highest BCUT2D eigenvalue weighted by atomic mass is 32.2. The predicted molar refractivity (Wildman–Crippen MR) is 98.3 cm³/mol. The van der Waals surface area contributed by atoms with Crippen molar-refractivity contribution in [3.05, 3.63) is 27.9 Å². The van der Waals surface area contributed by atoms with E-state index in [4.69, 9.17) is 0 Å². The maximum absolute atomic E-state index is 13.1. The van der Waals surface area contributed by atoms with Crippen molar-refractivity contribution in [3.8, 4) is 0 Å². The summed E-state index contributed by atoms with van der Waals surface area (Å²) in [6.07, 6.45) is 6.80. The summed E-state index contributed by atoms with van der Waals surface area (Å²) in [6.45, 7) is 0. The van der Waals surface area contributed by atoms with Gasteiger partial charge in [-0.25, -0.2) is 13.1 Å². The van der Waals surface area contributed by atoms with Gasteiger partial charge in [-0.15, -0.1) is 0 Å². The Bertz CT molecular complexity index is 983. The molecule has 0 spiro atoms. The number of benzene rings is 1. The van der Waals surface area contributed by atoms with Gasteiger partial charge in [-0.1, -0.05) is 11.3 Å². The number of rotatable bonds is 3. The molecule has 4 saturated carbocycles. The SMILES string of the molecule is Cn1c(=O)sc2cc(S(=O)(=O)NC34CC5CC(CC(C5)C3)C4)ccc21. The van der Waals surface area contributed by atoms with Crippen LogP contribution < -0.4 is 9.60 Å². The molecule has 25 heavy (non-hydrogen) atoms. The number of aromatic nitrogens is 1. The molecule has 1 aromatic heterocycles. The largest absolute Gasteiger partial charge is 0.307 e. The third-order valence-electron chi connectivity index (χ3n) is 6.46. The molecule has 0 radical (unpaired) electrons. The lowest BCUT2D eigenvalue weighted by atomic mass is 9.53. The zero-order valence-corrected chi connectivity index (χ0v) is 15.8. The molecule has 7 heteroatoms. The van der Waals surface area contributed by atoms with Gasteiger partial charge in [-0.3, -0.25) is 4.79 Å². The van der Waals surface area contributed by atoms with E-state index in [1.807, 2.05) is 0 Å². The summed E-state index contributed by atoms with van der Waals surface area (Å²) in [5.41, 5.74) is 0.538. The zero-order chi connectivity index (χ0) is 17.4. The molecule has 2 aromatic rings. The van der Waals surface area contributed by atoms with Crippen LogP contribution >= 0.6 is 11.3 Å². The molecule has 134 valence electrons. The maximum atomic E-state index is 13.1. The fourth-order valence-electron chi connectivity index (χ4n) is 5.86. The molecule has 4 aliphatic rings. The number of thiazole rings is 1. The van der Waals surface area contributed by atoms with Crippen LogP contribution in [0.1, 0.15) is 38.5 Å². The molecule has 0 atom stereocenters. The standard InChI is InChI=1S/C18H22N2O3S2/c1-20-15-3-2-14(7-16(15)24-17(20)21)25(22,23)19-18-8-11-4-12(9-18)6-13(5-11)10-18/h2-3,7,11-13,19H,4-6,8-10H2,1H3. The number of aryl methyl sites for hydroxylation is 1. The van der Waals surface area contributed by atoms with Gasteiger partial charge in [0.1, 0.15) is 0 Å². The van der Waals surface area contributed by atoms with Crippen LogP contribution in [0.3, 0.4) is 0 Å². The lowest BCUT2D eigenvalue weighted by molar-refractivity contribution is -0.00810. The Kier molecular flexibility index (Phi) is 3.32. The fourth-order valence-corrected chi connectivity index (χ4v) is 8.31. The molecule has 4 bridgehead atoms. The van der Waals surface area contributed by atoms with E-state index < -0.39 is 10.0 Å². The first-order valence-electron chi connectivity index (χ1n) is 8.97. The Morgan fingerprint density at radius 2 is 1.72 bits per heavy atom. The zero-order valence-electron chi connectivity index (χ0n) is 14.2. The number of hydrogen-bond donors (Lipinski definition) is 1. The van der Waals surface area contributed by atoms with Crippen molar-refractivity contribution in [2.24, 2.45) is 24.8 Å². The van der Waals surface area contributed by atoms with Crippen LogP contribution in [0.2, 0.25) is 0 Å². The molecular weight excluding hydrogens is 356 g/mol. The molecule has 0 amide bonds. The highest BCUT2D eigenvalue weighted by molar-refractivity contribution is 7.89. The Morgan fingerprint density at radius 1 is 1.12 bits per heavy atom. The molecular formula is C18H22N2O3S2. The summed E-state index contributed by atoms with van der Waals surface area (Å²) in [6, 6.07) is 5.00. The number of fused-ring (bicyclic) bond motifs is 1. The van der Waals surface area contributed by atoms with Crippen LogP contribution in [0.4, 0.5) is 0 Å². The van der Waals surface area contributed by atoms with E-state index in [0.717, 1.165) is 40.8 Å². The number of hydrogen-bond acceptors (Lipinski definition) is 4. The smallest absolute Gasteiger partial charge is 0.302 e. The van der Waals surface area contributed by atoms with Crippen molar-refractivity contribution in [1.82, 2.24) is 9.29 Å². The van der Waals surface area contributed by atoms with Gasteiger partial charge in [-0.05, 0) is 74.5 Å². The van der Waals surface area contributed by atoms with E-state index >= 15 is 0 Å². The molecule has 0 unspecified atom stereocenters. The average Bonchev–Trinajstić information content (AvgIpc) is 2.79. The van der Waals surface area contributed by atoms with E-state index in [9.17, 15) is 13.2 Å². The van der Waals surface area contributed by atoms with E-state index in [2.05, 4.69) is 4.72 Å². The first-order valence-corrected chi connectivity index (χ1v) is 11.3. The summed E-state index contributed by atoms with van der Waals surface area (Å²) in [5, 5.41) is 0. The Balaban J connectivity index is 1.50. The lowest BCUT2D eigenvalue weighted by Crippen LogP contribution is -2.59. The van der Waals surface area contributed by atoms with Crippen LogP contribution in [0.5, 0.6) is 0 Å². The van der Waals surface area contributed by atoms with Gasteiger partial charge in [0, 0.05) is 12.6 Å². The van der Waals surface area contributed by atoms with Crippen molar-refractivity contribution in [2.75, 3.05) is 0 Å². The van der Waals surface area contributed by atoms with Gasteiger partial charge < -0.3 is 4.57 Å². The first-order chi connectivity index (χ1) is 11.8. The molecule has 6 rings (SSSR count). The predicted octanol–water partition coefficient (Wildman–Crippen LogP) is 2.85. The summed E-state index contributed by atoms with van der Waals surface area (Å²) >= 11 is 1.09. The first kappa shape index (κ1) is 16.0. The fraction of sp³-hybridized carbons (Fsp3) is 0.611. The third kappa shape index (κ3) is 2.51. The van der Waals surface area contributed by atoms with Gasteiger partial charge >= 0.3 is 4.87 Å². The van der Waals surface area contributed by atoms with Crippen LogP contribution in [-0.2, 0) is 17.1 Å². The summed E-state index contributed by atoms with van der Waals surface area (Å²) in [5.74, 6) is 2.07. The van der Waals surface area contributed by atoms with Gasteiger partial charge in [0.2, 0.25) is 10.0 Å². The van der Waals surface area contributed by atoms with Gasteiger partial charge in [0.05, 0.1) is 15.1 Å². The van der Waals surface area contributed by atoms with Crippen LogP contribution in [0, 0.1) is 17.8 Å². The topological polar surface area (TPSA) is 68.2 Å². The van der Waals surface area contributed by atoms with Crippen molar-refractivity contribution in [1.29, 1.82) is 0 Å². The van der Waals surface area contributed by atoms with Crippen molar-refractivity contribution >= 4 is 31.6 Å². The van der Waals surface area contributed by atoms with Crippen LogP contribution in [0.15, 0.2) is 27.9 Å². The maximum Gasteiger partial charge on any atom is 0.307 e. The third-order valence-corrected chi connectivity index (χ3v) is 9.03. The lowest BCUT2D eigenvalue weighted by Gasteiger charge is -2.56. The molecule has 0 saturated heterocycles. The highest BCUT2D eigenvalue weighted by Crippen LogP contribution is 2.56. The monoisotopic (exact) mass is 378 g/mol. The second-order valence-corrected chi connectivity index (χ2v) is 11.0. The molecule has 4 fully saturated rings. The minimum atomic E-state index is -3.57. The van der Waals surface area contributed by atoms with E-state index in [1.54, 1.807) is 29.8 Å². The van der Waals surface area contributed by atoms with Crippen molar-refractivity contribution in [3.63, 3.8) is 0 Å². The van der Waals surface area contributed by atoms with E-state index in [0.29, 0.717) is 17.8 Å². The van der Waals surface area contributed by atoms with E-state index in [-0.39, 0.29) is 15.3 Å². The Labute approximate surface area is 151 Å². The molecule has 4 aliphatic carbocycles. The number of nitrogens with one attached hydrogen (secondary N) is 1. The van der Waals surface area contributed by atoms with Crippen molar-refractivity contribution in [2.45, 2.75) is 49.0 Å². The van der Waals surface area contributed by atoms with Gasteiger partial charge in [0.25, 0.3) is 0 Å². The number of sulfonamides is 1. The quantitative estimate of drug-likeness (QED) is 0.893. The Morgan fingerprint density at radius 3 is 2.32 bits per heavy atom. The number of nitrogens with zero attached hydrogens (tertiary/aromatic N) is 1. The second kappa shape index (κ2) is 5.18. The van der Waals surface area contributed by atoms with Gasteiger partial charge in [0.15, 0.2) is 0 Å². The summed E-state index contributed by atoms with van der Waals surface area (Å²) in [4.78, 5) is 12.0. The van der Waals surface area contributed by atoms with Crippen LogP contribution in [0.25, 0.3) is 10.2 Å². The van der Waals surface area contributed by atoms with E-state index in [1.165, 1.54) is 19.3 Å².